The van der Waals surface area contributed by atoms with Crippen LogP contribution < -0.4 is 0 Å². The lowest BCUT2D eigenvalue weighted by Gasteiger charge is -2.06. The summed E-state index contributed by atoms with van der Waals surface area (Å²) in [6.45, 7) is 1.78. The second-order valence-electron chi connectivity index (χ2n) is 5.61. The molecule has 0 fully saturated rings. The molecule has 25 heavy (non-hydrogen) atoms. The van der Waals surface area contributed by atoms with Gasteiger partial charge in [0.25, 0.3) is 0 Å². The molecule has 3 rings (SSSR count). The molecule has 1 aromatic heterocycles. The molecule has 0 aliphatic rings. The monoisotopic (exact) mass is 394 g/mol. The van der Waals surface area contributed by atoms with E-state index in [-0.39, 0.29) is 5.75 Å². The minimum atomic E-state index is -3.54. The zero-order valence-electron chi connectivity index (χ0n) is 13.6. The first-order chi connectivity index (χ1) is 11.8. The zero-order chi connectivity index (χ0) is 18.2. The van der Waals surface area contributed by atoms with Gasteiger partial charge >= 0.3 is 5.97 Å². The summed E-state index contributed by atoms with van der Waals surface area (Å²) < 4.78 is 31.7. The van der Waals surface area contributed by atoms with Crippen LogP contribution in [0.15, 0.2) is 46.7 Å². The van der Waals surface area contributed by atoms with Crippen molar-refractivity contribution >= 4 is 48.8 Å². The van der Waals surface area contributed by atoms with E-state index >= 15 is 0 Å². The number of hydrogen-bond acceptors (Lipinski definition) is 5. The van der Waals surface area contributed by atoms with Crippen molar-refractivity contribution < 1.29 is 17.9 Å². The molecule has 0 atom stereocenters. The highest BCUT2D eigenvalue weighted by molar-refractivity contribution is 7.93. The van der Waals surface area contributed by atoms with Crippen molar-refractivity contribution in [1.82, 2.24) is 0 Å². The summed E-state index contributed by atoms with van der Waals surface area (Å²) in [5, 5.41) is 1.42. The lowest BCUT2D eigenvalue weighted by Crippen LogP contribution is -2.06. The Hall–Kier alpha value is -1.89. The maximum absolute atomic E-state index is 12.9. The van der Waals surface area contributed by atoms with Gasteiger partial charge in [-0.3, -0.25) is 0 Å². The lowest BCUT2D eigenvalue weighted by molar-refractivity contribution is 0.0600. The quantitative estimate of drug-likeness (QED) is 0.605. The van der Waals surface area contributed by atoms with Gasteiger partial charge in [-0.1, -0.05) is 23.7 Å². The number of hydrogen-bond donors (Lipinski definition) is 0. The van der Waals surface area contributed by atoms with Crippen LogP contribution in [0.4, 0.5) is 0 Å². The van der Waals surface area contributed by atoms with Crippen molar-refractivity contribution in [2.24, 2.45) is 0 Å². The fourth-order valence-corrected chi connectivity index (χ4v) is 6.03. The summed E-state index contributed by atoms with van der Waals surface area (Å²) in [7, 11) is -2.26. The number of carbonyl (C=O) groups is 1. The Labute approximate surface area is 154 Å². The van der Waals surface area contributed by atoms with E-state index in [4.69, 9.17) is 11.6 Å². The predicted octanol–water partition coefficient (Wildman–Crippen LogP) is 4.62. The van der Waals surface area contributed by atoms with Gasteiger partial charge in [-0.15, -0.1) is 11.3 Å². The lowest BCUT2D eigenvalue weighted by atomic mass is 10.1. The first kappa shape index (κ1) is 17.9. The smallest absolute Gasteiger partial charge is 0.337 e. The van der Waals surface area contributed by atoms with Crippen LogP contribution in [0.25, 0.3) is 10.1 Å². The van der Waals surface area contributed by atoms with Crippen LogP contribution in [-0.2, 0) is 20.3 Å². The molecule has 2 aromatic carbocycles. The van der Waals surface area contributed by atoms with Gasteiger partial charge < -0.3 is 4.74 Å². The Morgan fingerprint density at radius 3 is 2.68 bits per heavy atom. The minimum absolute atomic E-state index is 0.181. The number of thiophene rings is 1. The second kappa shape index (κ2) is 6.78. The first-order valence-corrected chi connectivity index (χ1v) is 10.2. The molecule has 0 bridgehead atoms. The highest BCUT2D eigenvalue weighted by Gasteiger charge is 2.23. The van der Waals surface area contributed by atoms with Gasteiger partial charge in [0.2, 0.25) is 0 Å². The number of fused-ring (bicyclic) bond motifs is 1. The van der Waals surface area contributed by atoms with Crippen LogP contribution in [-0.4, -0.2) is 21.5 Å². The molecule has 4 nitrogen and oxygen atoms in total. The average Bonchev–Trinajstić information content (AvgIpc) is 2.91. The third kappa shape index (κ3) is 3.56. The van der Waals surface area contributed by atoms with Gasteiger partial charge in [-0.2, -0.15) is 0 Å². The van der Waals surface area contributed by atoms with Crippen molar-refractivity contribution in [2.75, 3.05) is 7.11 Å². The van der Waals surface area contributed by atoms with Crippen LogP contribution in [0.3, 0.4) is 0 Å². The van der Waals surface area contributed by atoms with E-state index in [1.807, 2.05) is 6.07 Å². The Morgan fingerprint density at radius 2 is 1.96 bits per heavy atom. The van der Waals surface area contributed by atoms with E-state index in [2.05, 4.69) is 4.74 Å². The van der Waals surface area contributed by atoms with Gasteiger partial charge in [0.05, 0.1) is 18.4 Å². The molecular weight excluding hydrogens is 380 g/mol. The predicted molar refractivity (Wildman–Crippen MR) is 100 cm³/mol. The number of benzene rings is 2. The number of esters is 1. The third-order valence-corrected chi connectivity index (χ3v) is 7.74. The fourth-order valence-electron chi connectivity index (χ4n) is 2.66. The maximum Gasteiger partial charge on any atom is 0.337 e. The van der Waals surface area contributed by atoms with E-state index in [1.165, 1.54) is 18.4 Å². The standard InChI is InChI=1S/C18H15ClO4S2/c1-11-15-9-14(19)6-7-16(15)24-18(11)25(21,22)10-12-4-3-5-13(8-12)17(20)23-2/h3-9H,10H2,1-2H3. The fraction of sp³-hybridized carbons (Fsp3) is 0.167. The van der Waals surface area contributed by atoms with Crippen LogP contribution in [0, 0.1) is 6.92 Å². The van der Waals surface area contributed by atoms with Crippen molar-refractivity contribution in [3.05, 3.63) is 64.2 Å². The summed E-state index contributed by atoms with van der Waals surface area (Å²) in [6.07, 6.45) is 0. The molecule has 0 amide bonds. The SMILES string of the molecule is COC(=O)c1cccc(CS(=O)(=O)c2sc3ccc(Cl)cc3c2C)c1. The molecule has 0 spiro atoms. The number of sulfone groups is 1. The molecule has 7 heteroatoms. The maximum atomic E-state index is 12.9. The van der Waals surface area contributed by atoms with Gasteiger partial charge in [-0.25, -0.2) is 13.2 Å². The first-order valence-electron chi connectivity index (χ1n) is 7.40. The molecular formula is C18H15ClO4S2. The van der Waals surface area contributed by atoms with E-state index in [9.17, 15) is 13.2 Å². The van der Waals surface area contributed by atoms with Crippen molar-refractivity contribution in [3.63, 3.8) is 0 Å². The van der Waals surface area contributed by atoms with Crippen molar-refractivity contribution in [3.8, 4) is 0 Å². The van der Waals surface area contributed by atoms with Crippen LogP contribution >= 0.6 is 22.9 Å². The van der Waals surface area contributed by atoms with E-state index in [1.54, 1.807) is 43.3 Å². The number of carbonyl (C=O) groups excluding carboxylic acids is 1. The summed E-state index contributed by atoms with van der Waals surface area (Å²) in [5.74, 6) is -0.675. The van der Waals surface area contributed by atoms with Crippen LogP contribution in [0.1, 0.15) is 21.5 Å². The zero-order valence-corrected chi connectivity index (χ0v) is 16.0. The number of rotatable bonds is 4. The Kier molecular flexibility index (Phi) is 4.86. The molecule has 0 N–H and O–H groups in total. The molecule has 0 saturated carbocycles. The van der Waals surface area contributed by atoms with Gasteiger partial charge in [-0.05, 0) is 53.8 Å². The summed E-state index contributed by atoms with van der Waals surface area (Å²) in [5.41, 5.74) is 1.57. The molecule has 1 heterocycles. The topological polar surface area (TPSA) is 60.4 Å². The molecule has 3 aromatic rings. The minimum Gasteiger partial charge on any atom is -0.465 e. The second-order valence-corrected chi connectivity index (χ2v) is 9.28. The highest BCUT2D eigenvalue weighted by Crippen LogP contribution is 2.36. The summed E-state index contributed by atoms with van der Waals surface area (Å²) in [4.78, 5) is 11.6. The Morgan fingerprint density at radius 1 is 1.20 bits per heavy atom. The molecule has 0 aliphatic carbocycles. The highest BCUT2D eigenvalue weighted by atomic mass is 35.5. The summed E-state index contributed by atoms with van der Waals surface area (Å²) >= 11 is 7.25. The van der Waals surface area contributed by atoms with E-state index in [0.717, 1.165) is 10.1 Å². The summed E-state index contributed by atoms with van der Waals surface area (Å²) in [6, 6.07) is 11.8. The van der Waals surface area contributed by atoms with Crippen LogP contribution in [0.5, 0.6) is 0 Å². The number of aryl methyl sites for hydroxylation is 1. The third-order valence-electron chi connectivity index (χ3n) is 3.84. The Bertz CT molecular complexity index is 1070. The van der Waals surface area contributed by atoms with Crippen molar-refractivity contribution in [2.45, 2.75) is 16.9 Å². The Balaban J connectivity index is 2.00. The molecule has 0 unspecified atom stereocenters. The molecule has 0 aliphatic heterocycles. The van der Waals surface area contributed by atoms with E-state index < -0.39 is 15.8 Å². The average molecular weight is 395 g/mol. The number of methoxy groups -OCH3 is 1. The van der Waals surface area contributed by atoms with Gasteiger partial charge in [0.15, 0.2) is 9.84 Å². The molecule has 0 saturated heterocycles. The van der Waals surface area contributed by atoms with Gasteiger partial charge in [0, 0.05) is 9.72 Å². The van der Waals surface area contributed by atoms with Gasteiger partial charge in [0.1, 0.15) is 4.21 Å². The van der Waals surface area contributed by atoms with E-state index in [0.29, 0.717) is 25.9 Å². The normalized spacial score (nSPS) is 11.6. The largest absolute Gasteiger partial charge is 0.465 e. The number of halogens is 1. The molecule has 0 radical (unpaired) electrons. The number of ether oxygens (including phenoxy) is 1. The van der Waals surface area contributed by atoms with Crippen LogP contribution in [0.2, 0.25) is 5.02 Å². The van der Waals surface area contributed by atoms with Crippen molar-refractivity contribution in [1.29, 1.82) is 0 Å². The molecule has 130 valence electrons.